The van der Waals surface area contributed by atoms with Crippen molar-refractivity contribution in [2.45, 2.75) is 4.90 Å². The average Bonchev–Trinajstić information content (AvgIpc) is 2.18. The number of nitro benzene ring substituents is 1. The molecule has 72 valence electrons. The maximum Gasteiger partial charge on any atom is 0.269 e. The Balaban J connectivity index is 2.89. The third kappa shape index (κ3) is 2.37. The number of nitriles is 1. The smallest absolute Gasteiger partial charge is 0.258 e. The first-order chi connectivity index (χ1) is 6.65. The van der Waals surface area contributed by atoms with Gasteiger partial charge in [-0.2, -0.15) is 5.26 Å². The molecule has 1 unspecified atom stereocenters. The highest BCUT2D eigenvalue weighted by atomic mass is 32.2. The average molecular weight is 210 g/mol. The van der Waals surface area contributed by atoms with E-state index >= 15 is 0 Å². The van der Waals surface area contributed by atoms with Crippen molar-refractivity contribution >= 4 is 16.5 Å². The van der Waals surface area contributed by atoms with E-state index in [4.69, 9.17) is 5.26 Å². The van der Waals surface area contributed by atoms with E-state index < -0.39 is 15.7 Å². The number of nitro groups is 1. The second-order valence-corrected chi connectivity index (χ2v) is 3.85. The van der Waals surface area contributed by atoms with Crippen molar-refractivity contribution in [2.75, 3.05) is 5.75 Å². The molecular weight excluding hydrogens is 204 g/mol. The lowest BCUT2D eigenvalue weighted by molar-refractivity contribution is -0.384. The molecule has 1 atom stereocenters. The predicted molar refractivity (Wildman–Crippen MR) is 50.0 cm³/mol. The lowest BCUT2D eigenvalue weighted by atomic mass is 10.3. The van der Waals surface area contributed by atoms with Gasteiger partial charge in [0, 0.05) is 17.0 Å². The molecule has 0 aliphatic rings. The fraction of sp³-hybridized carbons (Fsp3) is 0.125. The number of rotatable bonds is 3. The minimum absolute atomic E-state index is 0.0530. The summed E-state index contributed by atoms with van der Waals surface area (Å²) in [6.07, 6.45) is 0. The molecule has 14 heavy (non-hydrogen) atoms. The van der Waals surface area contributed by atoms with Crippen LogP contribution in [0.3, 0.4) is 0 Å². The number of hydrogen-bond acceptors (Lipinski definition) is 4. The first kappa shape index (κ1) is 10.3. The summed E-state index contributed by atoms with van der Waals surface area (Å²) in [5, 5.41) is 18.6. The van der Waals surface area contributed by atoms with E-state index in [0.29, 0.717) is 4.90 Å². The first-order valence-corrected chi connectivity index (χ1v) is 4.97. The molecule has 1 aromatic rings. The highest BCUT2D eigenvalue weighted by molar-refractivity contribution is 7.85. The van der Waals surface area contributed by atoms with Crippen molar-refractivity contribution < 1.29 is 9.13 Å². The molecule has 0 spiro atoms. The van der Waals surface area contributed by atoms with E-state index in [1.807, 2.05) is 0 Å². The summed E-state index contributed by atoms with van der Waals surface area (Å²) in [5.74, 6) is -0.0994. The fourth-order valence-corrected chi connectivity index (χ4v) is 1.59. The van der Waals surface area contributed by atoms with Gasteiger partial charge < -0.3 is 0 Å². The highest BCUT2D eigenvalue weighted by Gasteiger charge is 2.07. The number of nitrogens with zero attached hydrogens (tertiary/aromatic N) is 2. The van der Waals surface area contributed by atoms with Crippen LogP contribution in [0.25, 0.3) is 0 Å². The fourth-order valence-electron chi connectivity index (χ4n) is 0.862. The maximum atomic E-state index is 11.2. The summed E-state index contributed by atoms with van der Waals surface area (Å²) in [6, 6.07) is 7.10. The van der Waals surface area contributed by atoms with Crippen LogP contribution in [0.2, 0.25) is 0 Å². The molecular formula is C8H6N2O3S. The van der Waals surface area contributed by atoms with Crippen LogP contribution in [0.1, 0.15) is 0 Å². The third-order valence-electron chi connectivity index (χ3n) is 1.51. The monoisotopic (exact) mass is 210 g/mol. The van der Waals surface area contributed by atoms with Gasteiger partial charge in [-0.1, -0.05) is 0 Å². The van der Waals surface area contributed by atoms with Crippen molar-refractivity contribution in [3.63, 3.8) is 0 Å². The van der Waals surface area contributed by atoms with E-state index in [-0.39, 0.29) is 11.4 Å². The Morgan fingerprint density at radius 1 is 1.43 bits per heavy atom. The molecule has 0 amide bonds. The van der Waals surface area contributed by atoms with E-state index in [2.05, 4.69) is 0 Å². The van der Waals surface area contributed by atoms with Gasteiger partial charge in [-0.05, 0) is 12.1 Å². The number of hydrogen-bond donors (Lipinski definition) is 0. The molecule has 1 aromatic carbocycles. The Hall–Kier alpha value is -1.74. The summed E-state index contributed by atoms with van der Waals surface area (Å²) in [4.78, 5) is 10.2. The molecule has 0 N–H and O–H groups in total. The maximum absolute atomic E-state index is 11.2. The van der Waals surface area contributed by atoms with Crippen LogP contribution in [0.15, 0.2) is 29.2 Å². The van der Waals surface area contributed by atoms with E-state index in [1.165, 1.54) is 24.3 Å². The van der Waals surface area contributed by atoms with Crippen LogP contribution in [0.4, 0.5) is 5.69 Å². The van der Waals surface area contributed by atoms with Crippen LogP contribution >= 0.6 is 0 Å². The number of benzene rings is 1. The van der Waals surface area contributed by atoms with Gasteiger partial charge >= 0.3 is 0 Å². The summed E-state index contributed by atoms with van der Waals surface area (Å²) in [6.45, 7) is 0. The molecule has 0 saturated heterocycles. The molecule has 0 heterocycles. The molecule has 6 heteroatoms. The largest absolute Gasteiger partial charge is 0.269 e. The van der Waals surface area contributed by atoms with Crippen molar-refractivity contribution in [3.05, 3.63) is 34.4 Å². The van der Waals surface area contributed by atoms with E-state index in [1.54, 1.807) is 6.07 Å². The summed E-state index contributed by atoms with van der Waals surface area (Å²) in [5.41, 5.74) is -0.0530. The highest BCUT2D eigenvalue weighted by Crippen LogP contribution is 2.14. The second-order valence-electron chi connectivity index (χ2n) is 2.40. The Bertz CT molecular complexity index is 408. The van der Waals surface area contributed by atoms with Gasteiger partial charge in [-0.3, -0.25) is 14.3 Å². The van der Waals surface area contributed by atoms with Crippen LogP contribution in [0.5, 0.6) is 0 Å². The van der Waals surface area contributed by atoms with Gasteiger partial charge in [0.15, 0.2) is 0 Å². The van der Waals surface area contributed by atoms with Crippen molar-refractivity contribution in [1.82, 2.24) is 0 Å². The Morgan fingerprint density at radius 2 is 2.00 bits per heavy atom. The SMILES string of the molecule is N#CCS(=O)c1ccc([N+](=O)[O-])cc1. The van der Waals surface area contributed by atoms with Crippen LogP contribution in [-0.4, -0.2) is 14.9 Å². The lowest BCUT2D eigenvalue weighted by Gasteiger charge is -1.96. The molecule has 0 aliphatic heterocycles. The zero-order valence-electron chi connectivity index (χ0n) is 7.04. The zero-order chi connectivity index (χ0) is 10.6. The van der Waals surface area contributed by atoms with Gasteiger partial charge in [0.2, 0.25) is 0 Å². The second kappa shape index (κ2) is 4.48. The third-order valence-corrected chi connectivity index (χ3v) is 2.70. The summed E-state index contributed by atoms with van der Waals surface area (Å²) >= 11 is 0. The van der Waals surface area contributed by atoms with Crippen LogP contribution < -0.4 is 0 Å². The van der Waals surface area contributed by atoms with E-state index in [9.17, 15) is 14.3 Å². The Labute approximate surface area is 82.6 Å². The Kier molecular flexibility index (Phi) is 3.31. The minimum Gasteiger partial charge on any atom is -0.258 e. The predicted octanol–water partition coefficient (Wildman–Crippen LogP) is 1.23. The van der Waals surface area contributed by atoms with Crippen molar-refractivity contribution in [2.24, 2.45) is 0 Å². The molecule has 0 bridgehead atoms. The van der Waals surface area contributed by atoms with Crippen LogP contribution in [0, 0.1) is 21.4 Å². The first-order valence-electron chi connectivity index (χ1n) is 3.65. The quantitative estimate of drug-likeness (QED) is 0.554. The van der Waals surface area contributed by atoms with E-state index in [0.717, 1.165) is 0 Å². The van der Waals surface area contributed by atoms with Crippen LogP contribution in [-0.2, 0) is 10.8 Å². The van der Waals surface area contributed by atoms with Gasteiger partial charge in [-0.15, -0.1) is 0 Å². The zero-order valence-corrected chi connectivity index (χ0v) is 7.86. The number of non-ortho nitro benzene ring substituents is 1. The van der Waals surface area contributed by atoms with Gasteiger partial charge in [-0.25, -0.2) is 0 Å². The lowest BCUT2D eigenvalue weighted by Crippen LogP contribution is -1.95. The topological polar surface area (TPSA) is 84.0 Å². The molecule has 0 radical (unpaired) electrons. The molecule has 1 rings (SSSR count). The molecule has 0 fully saturated rings. The Morgan fingerprint density at radius 3 is 2.43 bits per heavy atom. The molecule has 0 saturated carbocycles. The summed E-state index contributed by atoms with van der Waals surface area (Å²) < 4.78 is 11.2. The molecule has 5 nitrogen and oxygen atoms in total. The van der Waals surface area contributed by atoms with Gasteiger partial charge in [0.25, 0.3) is 5.69 Å². The standard InChI is InChI=1S/C8H6N2O3S/c9-5-6-14(13)8-3-1-7(2-4-8)10(11)12/h1-4H,6H2. The van der Waals surface area contributed by atoms with Crippen molar-refractivity contribution in [1.29, 1.82) is 5.26 Å². The minimum atomic E-state index is -1.39. The summed E-state index contributed by atoms with van der Waals surface area (Å²) in [7, 11) is -1.39. The van der Waals surface area contributed by atoms with Gasteiger partial charge in [0.1, 0.15) is 5.75 Å². The van der Waals surface area contributed by atoms with Crippen molar-refractivity contribution in [3.8, 4) is 6.07 Å². The van der Waals surface area contributed by atoms with Gasteiger partial charge in [0.05, 0.1) is 21.8 Å². The molecule has 0 aliphatic carbocycles. The normalized spacial score (nSPS) is 11.6. The molecule has 0 aromatic heterocycles.